The van der Waals surface area contributed by atoms with E-state index in [4.69, 9.17) is 14.2 Å². The molecule has 0 saturated heterocycles. The minimum atomic E-state index is -0.596. The van der Waals surface area contributed by atoms with Gasteiger partial charge in [0.05, 0.1) is 6.61 Å². The Morgan fingerprint density at radius 1 is 0.338 bits per heavy atom. The number of rotatable bonds is 48. The molecule has 382 valence electrons. The number of esters is 2. The molecular weight excluding hydrogens is 837 g/mol. The molecule has 0 aromatic heterocycles. The highest BCUT2D eigenvalue weighted by Crippen LogP contribution is 2.12. The fraction of sp³-hybridized carbons (Fsp3) is 0.587. The third-order valence-electron chi connectivity index (χ3n) is 10.8. The fourth-order valence-corrected chi connectivity index (χ4v) is 6.84. The molecule has 0 aliphatic carbocycles. The van der Waals surface area contributed by atoms with E-state index in [2.05, 4.69) is 167 Å². The second kappa shape index (κ2) is 57.1. The van der Waals surface area contributed by atoms with Gasteiger partial charge >= 0.3 is 11.9 Å². The molecule has 68 heavy (non-hydrogen) atoms. The van der Waals surface area contributed by atoms with E-state index in [9.17, 15) is 9.59 Å². The topological polar surface area (TPSA) is 61.8 Å². The highest BCUT2D eigenvalue weighted by molar-refractivity contribution is 5.70. The molecule has 0 rings (SSSR count). The van der Waals surface area contributed by atoms with Gasteiger partial charge in [-0.05, 0) is 135 Å². The van der Waals surface area contributed by atoms with E-state index < -0.39 is 6.10 Å². The Kier molecular flexibility index (Phi) is 53.6. The van der Waals surface area contributed by atoms with Crippen molar-refractivity contribution in [2.45, 2.75) is 219 Å². The molecule has 0 aromatic rings. The van der Waals surface area contributed by atoms with Gasteiger partial charge < -0.3 is 14.2 Å². The van der Waals surface area contributed by atoms with E-state index >= 15 is 0 Å². The number of ether oxygens (including phenoxy) is 3. The second-order valence-electron chi connectivity index (χ2n) is 17.4. The van der Waals surface area contributed by atoms with Crippen LogP contribution in [0.5, 0.6) is 0 Å². The molecule has 0 N–H and O–H groups in total. The number of carbonyl (C=O) groups is 2. The number of carbonyl (C=O) groups excluding carboxylic acids is 2. The van der Waals surface area contributed by atoms with Gasteiger partial charge in [0, 0.05) is 19.4 Å². The highest BCUT2D eigenvalue weighted by Gasteiger charge is 2.17. The summed E-state index contributed by atoms with van der Waals surface area (Å²) in [4.78, 5) is 25.5. The SMILES string of the molecule is CC/C=C\C/C=C\C/C=C\C/C=C\C/C=C\C/C=C\CCCOCC(COC(=O)CCCCCC/C=C\C/C=C\C/C=C\C/C=C\CC)OC(=O)CCCCCCC/C=C\C/C=C\CCCCC. The Bertz CT molecular complexity index is 1480. The summed E-state index contributed by atoms with van der Waals surface area (Å²) in [6.07, 6.45) is 83.0. The third kappa shape index (κ3) is 54.4. The molecule has 0 aromatic carbocycles. The molecule has 1 unspecified atom stereocenters. The minimum Gasteiger partial charge on any atom is -0.462 e. The zero-order valence-electron chi connectivity index (χ0n) is 43.8. The quantitative estimate of drug-likeness (QED) is 0.0346. The molecule has 1 atom stereocenters. The minimum absolute atomic E-state index is 0.0335. The molecule has 5 nitrogen and oxygen atoms in total. The van der Waals surface area contributed by atoms with Crippen molar-refractivity contribution >= 4 is 11.9 Å². The van der Waals surface area contributed by atoms with E-state index in [1.54, 1.807) is 0 Å². The zero-order chi connectivity index (χ0) is 49.2. The van der Waals surface area contributed by atoms with Crippen LogP contribution in [0.1, 0.15) is 213 Å². The van der Waals surface area contributed by atoms with Crippen molar-refractivity contribution in [2.75, 3.05) is 19.8 Å². The molecule has 5 heteroatoms. The van der Waals surface area contributed by atoms with Gasteiger partial charge in [0.1, 0.15) is 6.61 Å². The molecule has 0 bridgehead atoms. The van der Waals surface area contributed by atoms with Crippen LogP contribution in [-0.4, -0.2) is 37.9 Å². The summed E-state index contributed by atoms with van der Waals surface area (Å²) in [6.45, 7) is 7.37. The second-order valence-corrected chi connectivity index (χ2v) is 17.4. The van der Waals surface area contributed by atoms with Crippen LogP contribution in [0.15, 0.2) is 146 Å². The maximum Gasteiger partial charge on any atom is 0.306 e. The van der Waals surface area contributed by atoms with Crippen molar-refractivity contribution in [3.8, 4) is 0 Å². The Labute approximate surface area is 419 Å². The van der Waals surface area contributed by atoms with Gasteiger partial charge in [-0.15, -0.1) is 0 Å². The average molecular weight is 937 g/mol. The molecule has 0 aliphatic heterocycles. The lowest BCUT2D eigenvalue weighted by atomic mass is 10.1. The van der Waals surface area contributed by atoms with Crippen molar-refractivity contribution < 1.29 is 23.8 Å². The third-order valence-corrected chi connectivity index (χ3v) is 10.8. The van der Waals surface area contributed by atoms with Crippen LogP contribution in [0, 0.1) is 0 Å². The lowest BCUT2D eigenvalue weighted by Gasteiger charge is -2.18. The Hall–Kier alpha value is -4.22. The van der Waals surface area contributed by atoms with Gasteiger partial charge in [-0.25, -0.2) is 0 Å². The van der Waals surface area contributed by atoms with Crippen LogP contribution in [0.3, 0.4) is 0 Å². The number of unbranched alkanes of at least 4 members (excludes halogenated alkanes) is 13. The molecule has 0 heterocycles. The fourth-order valence-electron chi connectivity index (χ4n) is 6.84. The van der Waals surface area contributed by atoms with Gasteiger partial charge in [0.2, 0.25) is 0 Å². The Morgan fingerprint density at radius 3 is 1.06 bits per heavy atom. The lowest BCUT2D eigenvalue weighted by molar-refractivity contribution is -0.163. The van der Waals surface area contributed by atoms with E-state index in [1.165, 1.54) is 38.5 Å². The maximum atomic E-state index is 12.8. The summed E-state index contributed by atoms with van der Waals surface area (Å²) in [5, 5.41) is 0. The first kappa shape index (κ1) is 63.8. The molecule has 0 saturated carbocycles. The largest absolute Gasteiger partial charge is 0.462 e. The molecule has 0 fully saturated rings. The van der Waals surface area contributed by atoms with E-state index in [-0.39, 0.29) is 25.2 Å². The van der Waals surface area contributed by atoms with Gasteiger partial charge in [0.25, 0.3) is 0 Å². The molecule has 0 spiro atoms. The summed E-state index contributed by atoms with van der Waals surface area (Å²) in [6, 6.07) is 0. The monoisotopic (exact) mass is 937 g/mol. The van der Waals surface area contributed by atoms with Crippen molar-refractivity contribution in [1.82, 2.24) is 0 Å². The maximum absolute atomic E-state index is 12.8. The Morgan fingerprint density at radius 2 is 0.662 bits per heavy atom. The van der Waals surface area contributed by atoms with Crippen LogP contribution >= 0.6 is 0 Å². The van der Waals surface area contributed by atoms with Crippen molar-refractivity contribution in [2.24, 2.45) is 0 Å². The van der Waals surface area contributed by atoms with Crippen molar-refractivity contribution in [3.63, 3.8) is 0 Å². The van der Waals surface area contributed by atoms with Crippen LogP contribution in [0.25, 0.3) is 0 Å². The molecule has 0 aliphatic rings. The first-order valence-electron chi connectivity index (χ1n) is 27.4. The van der Waals surface area contributed by atoms with Crippen molar-refractivity contribution in [3.05, 3.63) is 146 Å². The summed E-state index contributed by atoms with van der Waals surface area (Å²) in [5.74, 6) is -0.483. The first-order valence-corrected chi connectivity index (χ1v) is 27.4. The summed E-state index contributed by atoms with van der Waals surface area (Å²) in [5.41, 5.74) is 0. The summed E-state index contributed by atoms with van der Waals surface area (Å²) in [7, 11) is 0. The number of hydrogen-bond donors (Lipinski definition) is 0. The normalized spacial score (nSPS) is 13.4. The summed E-state index contributed by atoms with van der Waals surface area (Å²) >= 11 is 0. The number of hydrogen-bond acceptors (Lipinski definition) is 5. The zero-order valence-corrected chi connectivity index (χ0v) is 43.8. The van der Waals surface area contributed by atoms with Crippen molar-refractivity contribution in [1.29, 1.82) is 0 Å². The molecular formula is C63H100O5. The number of allylic oxidation sites excluding steroid dienone is 24. The lowest BCUT2D eigenvalue weighted by Crippen LogP contribution is -2.30. The highest BCUT2D eigenvalue weighted by atomic mass is 16.6. The van der Waals surface area contributed by atoms with E-state index in [1.807, 2.05) is 0 Å². The Balaban J connectivity index is 4.48. The molecule has 0 amide bonds. The van der Waals surface area contributed by atoms with Gasteiger partial charge in [-0.2, -0.15) is 0 Å². The predicted molar refractivity (Wildman–Crippen MR) is 297 cm³/mol. The van der Waals surface area contributed by atoms with Crippen LogP contribution < -0.4 is 0 Å². The molecule has 0 radical (unpaired) electrons. The van der Waals surface area contributed by atoms with E-state index in [0.29, 0.717) is 19.4 Å². The van der Waals surface area contributed by atoms with Gasteiger partial charge in [-0.1, -0.05) is 212 Å². The average Bonchev–Trinajstić information content (AvgIpc) is 3.34. The van der Waals surface area contributed by atoms with Gasteiger partial charge in [-0.3, -0.25) is 9.59 Å². The van der Waals surface area contributed by atoms with Crippen LogP contribution in [0.4, 0.5) is 0 Å². The van der Waals surface area contributed by atoms with Gasteiger partial charge in [0.15, 0.2) is 6.10 Å². The first-order chi connectivity index (χ1) is 33.6. The van der Waals surface area contributed by atoms with E-state index in [0.717, 1.165) is 141 Å². The van der Waals surface area contributed by atoms with Crippen LogP contribution in [0.2, 0.25) is 0 Å². The standard InChI is InChI=1S/C63H100O5/c1-4-7-10-13-16-19-22-25-28-30-31-32-34-37-40-43-46-49-52-55-58-66-59-61(68-63(65)57-54-51-48-45-42-39-35-27-24-21-18-15-12-9-6-3)60-67-62(64)56-53-50-47-44-41-38-36-33-29-26-23-20-17-14-11-8-5-2/h7-8,10-11,16-21,25-29,31-32,35-38,40,46,49,61H,4-6,9,12-15,22-24,30,33-34,39,41-45,47-48,50-60H2,1-3H3/b10-7-,11-8-,19-16-,20-17-,21-18-,28-25-,29-26-,32-31-,35-27-,38-36-,40-37-,49-46-. The van der Waals surface area contributed by atoms with Crippen LogP contribution in [-0.2, 0) is 23.8 Å². The predicted octanol–water partition coefficient (Wildman–Crippen LogP) is 18.9. The summed E-state index contributed by atoms with van der Waals surface area (Å²) < 4.78 is 17.3. The smallest absolute Gasteiger partial charge is 0.306 e.